The third-order valence-corrected chi connectivity index (χ3v) is 9.86. The lowest BCUT2D eigenvalue weighted by Gasteiger charge is -2.41. The molecule has 1 aromatic heterocycles. The zero-order chi connectivity index (χ0) is 28.7. The number of morpholine rings is 1. The zero-order valence-corrected chi connectivity index (χ0v) is 24.6. The minimum absolute atomic E-state index is 0.196. The second-order valence-corrected chi connectivity index (χ2v) is 12.3. The van der Waals surface area contributed by atoms with E-state index in [1.165, 1.54) is 38.5 Å². The number of aromatic nitrogens is 1. The van der Waals surface area contributed by atoms with Crippen molar-refractivity contribution in [3.05, 3.63) is 35.5 Å². The number of alkyl halides is 1. The summed E-state index contributed by atoms with van der Waals surface area (Å²) in [5, 5.41) is 10.4. The van der Waals surface area contributed by atoms with E-state index in [9.17, 15) is 10.0 Å². The van der Waals surface area contributed by atoms with Crippen molar-refractivity contribution in [2.45, 2.75) is 76.9 Å². The number of piperidine rings is 1. The van der Waals surface area contributed by atoms with E-state index in [-0.39, 0.29) is 12.3 Å². The summed E-state index contributed by atoms with van der Waals surface area (Å²) in [6.07, 6.45) is 10.3. The molecule has 2 aromatic rings. The van der Waals surface area contributed by atoms with E-state index >= 15 is 4.39 Å². The van der Waals surface area contributed by atoms with Crippen molar-refractivity contribution in [3.63, 3.8) is 0 Å². The molecule has 0 bridgehead atoms. The quantitative estimate of drug-likeness (QED) is 0.275. The number of hydrogen-bond donors (Lipinski definition) is 2. The van der Waals surface area contributed by atoms with Crippen molar-refractivity contribution in [2.75, 3.05) is 53.0 Å². The van der Waals surface area contributed by atoms with Crippen molar-refractivity contribution in [2.24, 2.45) is 11.3 Å². The number of amides is 1. The molecule has 0 radical (unpaired) electrons. The summed E-state index contributed by atoms with van der Waals surface area (Å²) in [5.74, 6) is 1.10. The Morgan fingerprint density at radius 1 is 1.17 bits per heavy atom. The van der Waals surface area contributed by atoms with Crippen molar-refractivity contribution in [1.82, 2.24) is 20.3 Å². The van der Waals surface area contributed by atoms with Gasteiger partial charge >= 0.3 is 0 Å². The molecule has 1 unspecified atom stereocenters. The second-order valence-electron chi connectivity index (χ2n) is 12.3. The monoisotopic (exact) mass is 570 g/mol. The van der Waals surface area contributed by atoms with Gasteiger partial charge in [-0.3, -0.25) is 19.9 Å². The maximum absolute atomic E-state index is 16.5. The number of pyridine rings is 1. The highest BCUT2D eigenvalue weighted by atomic mass is 19.1. The summed E-state index contributed by atoms with van der Waals surface area (Å²) >= 11 is 0. The first-order chi connectivity index (χ1) is 20.0. The van der Waals surface area contributed by atoms with Gasteiger partial charge in [-0.1, -0.05) is 32.1 Å². The van der Waals surface area contributed by atoms with Crippen LogP contribution in [0.25, 0.3) is 10.9 Å². The highest BCUT2D eigenvalue weighted by Crippen LogP contribution is 2.42. The number of hydrogen-bond acceptors (Lipinski definition) is 7. The number of likely N-dealkylation sites (tertiary alicyclic amines) is 1. The van der Waals surface area contributed by atoms with Crippen LogP contribution < -0.4 is 10.2 Å². The number of halogens is 1. The van der Waals surface area contributed by atoms with Crippen molar-refractivity contribution < 1.29 is 23.9 Å². The van der Waals surface area contributed by atoms with Crippen molar-refractivity contribution in [1.29, 1.82) is 0 Å². The first-order valence-electron chi connectivity index (χ1n) is 15.6. The number of ether oxygens (including phenoxy) is 2. The number of rotatable bonds is 11. The summed E-state index contributed by atoms with van der Waals surface area (Å²) in [7, 11) is 1.61. The first kappa shape index (κ1) is 30.1. The SMILES string of the molecule is COc1ccc2ncc(CN3CCOCC3)c(C(F)CCC3(C(=O)NO)CCN(CCC4CCCCC4)CC3)c2c1. The van der Waals surface area contributed by atoms with Crippen LogP contribution in [0, 0.1) is 11.3 Å². The molecule has 41 heavy (non-hydrogen) atoms. The van der Waals surface area contributed by atoms with Gasteiger partial charge in [0.2, 0.25) is 5.91 Å². The summed E-state index contributed by atoms with van der Waals surface area (Å²) in [5.41, 5.74) is 3.36. The minimum atomic E-state index is -1.28. The van der Waals surface area contributed by atoms with E-state index in [1.54, 1.807) is 13.3 Å². The average Bonchev–Trinajstić information content (AvgIpc) is 3.03. The lowest BCUT2D eigenvalue weighted by atomic mass is 9.73. The maximum atomic E-state index is 16.5. The summed E-state index contributed by atoms with van der Waals surface area (Å²) < 4.78 is 27.5. The average molecular weight is 571 g/mol. The molecule has 1 aromatic carbocycles. The Labute approximate surface area is 243 Å². The fraction of sp³-hybridized carbons (Fsp3) is 0.688. The number of fused-ring (bicyclic) bond motifs is 1. The molecule has 0 spiro atoms. The van der Waals surface area contributed by atoms with Crippen LogP contribution in [-0.4, -0.2) is 78.9 Å². The van der Waals surface area contributed by atoms with Crippen LogP contribution in [0.1, 0.15) is 81.5 Å². The van der Waals surface area contributed by atoms with E-state index in [2.05, 4.69) is 14.8 Å². The molecule has 226 valence electrons. The summed E-state index contributed by atoms with van der Waals surface area (Å²) in [6, 6.07) is 5.58. The van der Waals surface area contributed by atoms with Gasteiger partial charge in [-0.05, 0) is 81.4 Å². The molecule has 1 saturated carbocycles. The van der Waals surface area contributed by atoms with Gasteiger partial charge in [-0.15, -0.1) is 0 Å². The normalized spacial score (nSPS) is 21.5. The lowest BCUT2D eigenvalue weighted by molar-refractivity contribution is -0.143. The van der Waals surface area contributed by atoms with Crippen LogP contribution >= 0.6 is 0 Å². The van der Waals surface area contributed by atoms with Crippen LogP contribution in [0.2, 0.25) is 0 Å². The zero-order valence-electron chi connectivity index (χ0n) is 24.6. The third-order valence-electron chi connectivity index (χ3n) is 9.86. The largest absolute Gasteiger partial charge is 0.497 e. The van der Waals surface area contributed by atoms with Gasteiger partial charge in [-0.2, -0.15) is 0 Å². The van der Waals surface area contributed by atoms with Crippen LogP contribution in [0.5, 0.6) is 5.75 Å². The maximum Gasteiger partial charge on any atom is 0.249 e. The molecule has 1 atom stereocenters. The van der Waals surface area contributed by atoms with Gasteiger partial charge in [0, 0.05) is 36.8 Å². The van der Waals surface area contributed by atoms with Crippen LogP contribution in [0.3, 0.4) is 0 Å². The summed E-state index contributed by atoms with van der Waals surface area (Å²) in [4.78, 5) is 22.4. The molecule has 5 rings (SSSR count). The predicted molar refractivity (Wildman–Crippen MR) is 157 cm³/mol. The van der Waals surface area contributed by atoms with Gasteiger partial charge in [-0.25, -0.2) is 9.87 Å². The number of nitrogens with one attached hydrogen (secondary N) is 1. The first-order valence-corrected chi connectivity index (χ1v) is 15.6. The molecule has 2 saturated heterocycles. The molecular formula is C32H47FN4O4. The molecule has 1 amide bonds. The number of carbonyl (C=O) groups is 1. The van der Waals surface area contributed by atoms with Crippen LogP contribution in [-0.2, 0) is 16.1 Å². The number of nitrogens with zero attached hydrogens (tertiary/aromatic N) is 3. The second kappa shape index (κ2) is 14.2. The van der Waals surface area contributed by atoms with Gasteiger partial charge in [0.05, 0.1) is 31.3 Å². The third kappa shape index (κ3) is 7.37. The molecule has 3 heterocycles. The standard InChI is InChI=1S/C32H47FN4O4/c1-40-26-7-8-29-27(21-26)30(25(22-34-29)23-37-17-19-41-20-18-37)28(33)9-11-32(31(38)35-39)12-15-36(16-13-32)14-10-24-5-3-2-4-6-24/h7-8,21-22,24,28,39H,2-6,9-20,23H2,1H3,(H,35,38). The predicted octanol–water partition coefficient (Wildman–Crippen LogP) is 5.42. The Balaban J connectivity index is 1.30. The van der Waals surface area contributed by atoms with Gasteiger partial charge in [0.1, 0.15) is 11.9 Å². The molecule has 2 N–H and O–H groups in total. The van der Waals surface area contributed by atoms with E-state index in [4.69, 9.17) is 9.47 Å². The Morgan fingerprint density at radius 3 is 2.63 bits per heavy atom. The van der Waals surface area contributed by atoms with E-state index in [0.717, 1.165) is 55.1 Å². The highest BCUT2D eigenvalue weighted by Gasteiger charge is 2.42. The van der Waals surface area contributed by atoms with Crippen molar-refractivity contribution in [3.8, 4) is 5.75 Å². The van der Waals surface area contributed by atoms with E-state index < -0.39 is 11.6 Å². The smallest absolute Gasteiger partial charge is 0.249 e. The number of carbonyl (C=O) groups excluding carboxylic acids is 1. The van der Waals surface area contributed by atoms with Gasteiger partial charge in [0.15, 0.2) is 0 Å². The Hall–Kier alpha value is -2.33. The molecule has 3 aliphatic rings. The Morgan fingerprint density at radius 2 is 1.93 bits per heavy atom. The van der Waals surface area contributed by atoms with E-state index in [0.29, 0.717) is 50.3 Å². The van der Waals surface area contributed by atoms with Crippen LogP contribution in [0.15, 0.2) is 24.4 Å². The van der Waals surface area contributed by atoms with Gasteiger partial charge < -0.3 is 14.4 Å². The van der Waals surface area contributed by atoms with E-state index in [1.807, 2.05) is 23.7 Å². The Bertz CT molecular complexity index is 1140. The topological polar surface area (TPSA) is 87.2 Å². The Kier molecular flexibility index (Phi) is 10.5. The molecular weight excluding hydrogens is 523 g/mol. The van der Waals surface area contributed by atoms with Crippen LogP contribution in [0.4, 0.5) is 4.39 Å². The number of hydroxylamine groups is 1. The fourth-order valence-corrected chi connectivity index (χ4v) is 7.16. The molecule has 2 aliphatic heterocycles. The molecule has 9 heteroatoms. The molecule has 3 fully saturated rings. The van der Waals surface area contributed by atoms with Crippen molar-refractivity contribution >= 4 is 16.8 Å². The fourth-order valence-electron chi connectivity index (χ4n) is 7.16. The number of benzene rings is 1. The molecule has 8 nitrogen and oxygen atoms in total. The lowest BCUT2D eigenvalue weighted by Crippen LogP contribution is -2.48. The highest BCUT2D eigenvalue weighted by molar-refractivity contribution is 5.85. The minimum Gasteiger partial charge on any atom is -0.497 e. The van der Waals surface area contributed by atoms with Gasteiger partial charge in [0.25, 0.3) is 0 Å². The summed E-state index contributed by atoms with van der Waals surface area (Å²) in [6.45, 7) is 6.18. The molecule has 1 aliphatic carbocycles. The number of methoxy groups -OCH3 is 1.